The van der Waals surface area contributed by atoms with Crippen LogP contribution in [0.25, 0.3) is 0 Å². The van der Waals surface area contributed by atoms with Crippen LogP contribution in [-0.2, 0) is 27.4 Å². The minimum atomic E-state index is -4.87. The Hall–Kier alpha value is -4.25. The standard InChI is InChI=1S/C30H31F3N2O6/c1-19-25(28(36)39-3)26(34-17-22-16-23(41-30(31,32)33)14-15-24(22)38-2)27(21-12-8-5-9-13-21)35(19)29(37)40-18-20-10-6-4-7-11-20/h4-16,19,25-27,34H,17-18H2,1-3H3. The zero-order valence-corrected chi connectivity index (χ0v) is 22.8. The number of likely N-dealkylation sites (tertiary alicyclic amines) is 1. The maximum Gasteiger partial charge on any atom is 0.573 e. The van der Waals surface area contributed by atoms with Crippen LogP contribution >= 0.6 is 0 Å². The highest BCUT2D eigenvalue weighted by atomic mass is 19.4. The van der Waals surface area contributed by atoms with Crippen LogP contribution in [0.2, 0.25) is 0 Å². The second-order valence-corrected chi connectivity index (χ2v) is 9.52. The van der Waals surface area contributed by atoms with Crippen LogP contribution in [0.15, 0.2) is 78.9 Å². The molecule has 4 rings (SSSR count). The molecule has 0 saturated carbocycles. The van der Waals surface area contributed by atoms with Gasteiger partial charge in [-0.2, -0.15) is 0 Å². The highest BCUT2D eigenvalue weighted by molar-refractivity contribution is 5.78. The molecule has 1 aliphatic rings. The zero-order chi connectivity index (χ0) is 29.6. The molecule has 0 bridgehead atoms. The van der Waals surface area contributed by atoms with E-state index in [1.54, 1.807) is 6.92 Å². The number of methoxy groups -OCH3 is 2. The summed E-state index contributed by atoms with van der Waals surface area (Å²) in [5, 5.41) is 3.30. The second kappa shape index (κ2) is 12.9. The van der Waals surface area contributed by atoms with E-state index in [0.717, 1.165) is 17.2 Å². The fourth-order valence-electron chi connectivity index (χ4n) is 5.22. The summed E-state index contributed by atoms with van der Waals surface area (Å²) >= 11 is 0. The molecule has 1 amide bonds. The van der Waals surface area contributed by atoms with E-state index in [1.807, 2.05) is 60.7 Å². The van der Waals surface area contributed by atoms with Gasteiger partial charge in [-0.3, -0.25) is 9.69 Å². The van der Waals surface area contributed by atoms with Gasteiger partial charge in [0.15, 0.2) is 0 Å². The molecule has 1 heterocycles. The van der Waals surface area contributed by atoms with Crippen molar-refractivity contribution in [2.45, 2.75) is 44.6 Å². The van der Waals surface area contributed by atoms with Gasteiger partial charge in [-0.15, -0.1) is 13.2 Å². The van der Waals surface area contributed by atoms with Gasteiger partial charge in [0.1, 0.15) is 18.1 Å². The Kier molecular flexibility index (Phi) is 9.38. The predicted octanol–water partition coefficient (Wildman–Crippen LogP) is 5.62. The van der Waals surface area contributed by atoms with Gasteiger partial charge >= 0.3 is 18.4 Å². The van der Waals surface area contributed by atoms with Crippen molar-refractivity contribution in [2.24, 2.45) is 5.92 Å². The molecule has 11 heteroatoms. The zero-order valence-electron chi connectivity index (χ0n) is 22.8. The molecule has 41 heavy (non-hydrogen) atoms. The molecule has 0 aliphatic carbocycles. The maximum absolute atomic E-state index is 13.5. The largest absolute Gasteiger partial charge is 0.573 e. The molecule has 218 valence electrons. The first-order chi connectivity index (χ1) is 19.6. The summed E-state index contributed by atoms with van der Waals surface area (Å²) in [5.74, 6) is -1.46. The fourth-order valence-corrected chi connectivity index (χ4v) is 5.22. The molecule has 1 N–H and O–H groups in total. The Morgan fingerprint density at radius 3 is 2.22 bits per heavy atom. The summed E-state index contributed by atoms with van der Waals surface area (Å²) in [5.41, 5.74) is 1.90. The van der Waals surface area contributed by atoms with Gasteiger partial charge in [0.2, 0.25) is 0 Å². The van der Waals surface area contributed by atoms with E-state index in [-0.39, 0.29) is 13.2 Å². The molecule has 4 unspecified atom stereocenters. The number of hydrogen-bond acceptors (Lipinski definition) is 7. The van der Waals surface area contributed by atoms with Crippen molar-refractivity contribution in [1.82, 2.24) is 10.2 Å². The molecule has 0 spiro atoms. The number of rotatable bonds is 9. The van der Waals surface area contributed by atoms with E-state index in [4.69, 9.17) is 14.2 Å². The Morgan fingerprint density at radius 2 is 1.61 bits per heavy atom. The van der Waals surface area contributed by atoms with Crippen LogP contribution in [0.4, 0.5) is 18.0 Å². The van der Waals surface area contributed by atoms with E-state index in [9.17, 15) is 22.8 Å². The topological polar surface area (TPSA) is 86.3 Å². The average Bonchev–Trinajstić information content (AvgIpc) is 3.26. The van der Waals surface area contributed by atoms with E-state index < -0.39 is 48.2 Å². The lowest BCUT2D eigenvalue weighted by atomic mass is 9.91. The molecular formula is C30H31F3N2O6. The summed E-state index contributed by atoms with van der Waals surface area (Å²) in [6, 6.07) is 20.1. The van der Waals surface area contributed by atoms with Gasteiger partial charge < -0.3 is 24.3 Å². The van der Waals surface area contributed by atoms with Gasteiger partial charge in [0, 0.05) is 24.2 Å². The number of ether oxygens (including phenoxy) is 4. The summed E-state index contributed by atoms with van der Waals surface area (Å²) in [4.78, 5) is 28.2. The molecule has 1 saturated heterocycles. The SMILES string of the molecule is COC(=O)C1C(NCc2cc(OC(F)(F)F)ccc2OC)C(c2ccccc2)N(C(=O)OCc2ccccc2)C1C. The summed E-state index contributed by atoms with van der Waals surface area (Å²) < 4.78 is 58.8. The summed E-state index contributed by atoms with van der Waals surface area (Å²) in [7, 11) is 2.66. The minimum Gasteiger partial charge on any atom is -0.496 e. The molecule has 3 aromatic rings. The Labute approximate surface area is 236 Å². The van der Waals surface area contributed by atoms with E-state index >= 15 is 0 Å². The van der Waals surface area contributed by atoms with Crippen LogP contribution in [0.3, 0.4) is 0 Å². The summed E-state index contributed by atoms with van der Waals surface area (Å²) in [6.07, 6.45) is -5.48. The number of hydrogen-bond donors (Lipinski definition) is 1. The van der Waals surface area contributed by atoms with Crippen molar-refractivity contribution in [3.05, 3.63) is 95.6 Å². The average molecular weight is 573 g/mol. The third-order valence-electron chi connectivity index (χ3n) is 7.03. The number of esters is 1. The highest BCUT2D eigenvalue weighted by Gasteiger charge is 2.53. The highest BCUT2D eigenvalue weighted by Crippen LogP contribution is 2.42. The third-order valence-corrected chi connectivity index (χ3v) is 7.03. The minimum absolute atomic E-state index is 0.000647. The normalized spacial score (nSPS) is 20.4. The molecule has 0 aromatic heterocycles. The number of nitrogens with zero attached hydrogens (tertiary/aromatic N) is 1. The number of alkyl halides is 3. The lowest BCUT2D eigenvalue weighted by molar-refractivity contribution is -0.274. The number of nitrogens with one attached hydrogen (secondary N) is 1. The van der Waals surface area contributed by atoms with Crippen molar-refractivity contribution >= 4 is 12.1 Å². The molecule has 1 aliphatic heterocycles. The quantitative estimate of drug-likeness (QED) is 0.333. The lowest BCUT2D eigenvalue weighted by Gasteiger charge is -2.30. The molecule has 4 atom stereocenters. The van der Waals surface area contributed by atoms with Gasteiger partial charge in [0.25, 0.3) is 0 Å². The van der Waals surface area contributed by atoms with Crippen molar-refractivity contribution < 1.29 is 41.7 Å². The molecule has 0 radical (unpaired) electrons. The van der Waals surface area contributed by atoms with Crippen molar-refractivity contribution in [2.75, 3.05) is 14.2 Å². The Balaban J connectivity index is 1.67. The predicted molar refractivity (Wildman–Crippen MR) is 143 cm³/mol. The third kappa shape index (κ3) is 7.10. The summed E-state index contributed by atoms with van der Waals surface area (Å²) in [6.45, 7) is 1.77. The molecule has 1 fully saturated rings. The Morgan fingerprint density at radius 1 is 0.951 bits per heavy atom. The number of carbonyl (C=O) groups excluding carboxylic acids is 2. The van der Waals surface area contributed by atoms with Crippen LogP contribution in [0.5, 0.6) is 11.5 Å². The first kappa shape index (κ1) is 29.7. The molecule has 8 nitrogen and oxygen atoms in total. The van der Waals surface area contributed by atoms with Crippen LogP contribution in [0, 0.1) is 5.92 Å². The monoisotopic (exact) mass is 572 g/mol. The van der Waals surface area contributed by atoms with Crippen LogP contribution < -0.4 is 14.8 Å². The molecular weight excluding hydrogens is 541 g/mol. The number of benzene rings is 3. The first-order valence-corrected chi connectivity index (χ1v) is 12.9. The number of halogens is 3. The van der Waals surface area contributed by atoms with E-state index in [0.29, 0.717) is 11.3 Å². The van der Waals surface area contributed by atoms with Crippen LogP contribution in [-0.4, -0.2) is 49.6 Å². The second-order valence-electron chi connectivity index (χ2n) is 9.52. The van der Waals surface area contributed by atoms with Crippen molar-refractivity contribution in [1.29, 1.82) is 0 Å². The van der Waals surface area contributed by atoms with Crippen molar-refractivity contribution in [3.63, 3.8) is 0 Å². The maximum atomic E-state index is 13.5. The van der Waals surface area contributed by atoms with Gasteiger partial charge in [-0.25, -0.2) is 4.79 Å². The first-order valence-electron chi connectivity index (χ1n) is 12.9. The number of carbonyl (C=O) groups is 2. The smallest absolute Gasteiger partial charge is 0.496 e. The van der Waals surface area contributed by atoms with Gasteiger partial charge in [-0.05, 0) is 36.2 Å². The van der Waals surface area contributed by atoms with E-state index in [1.165, 1.54) is 31.3 Å². The van der Waals surface area contributed by atoms with Crippen molar-refractivity contribution in [3.8, 4) is 11.5 Å². The fraction of sp³-hybridized carbons (Fsp3) is 0.333. The number of amides is 1. The van der Waals surface area contributed by atoms with Crippen LogP contribution in [0.1, 0.15) is 29.7 Å². The van der Waals surface area contributed by atoms with Gasteiger partial charge in [0.05, 0.1) is 26.2 Å². The Bertz CT molecular complexity index is 1320. The van der Waals surface area contributed by atoms with E-state index in [2.05, 4.69) is 10.1 Å². The van der Waals surface area contributed by atoms with Gasteiger partial charge in [-0.1, -0.05) is 60.7 Å². The molecule has 3 aromatic carbocycles. The lowest BCUT2D eigenvalue weighted by Crippen LogP contribution is -2.42.